The van der Waals surface area contributed by atoms with Crippen LogP contribution in [0, 0.1) is 5.92 Å². The second-order valence-corrected chi connectivity index (χ2v) is 5.55. The van der Waals surface area contributed by atoms with E-state index in [4.69, 9.17) is 23.2 Å². The molecule has 3 N–H and O–H groups in total. The van der Waals surface area contributed by atoms with Crippen molar-refractivity contribution in [3.05, 3.63) is 22.2 Å². The lowest BCUT2D eigenvalue weighted by molar-refractivity contribution is -0.117. The number of rotatable bonds is 3. The molecule has 0 radical (unpaired) electrons. The molecule has 1 aromatic rings. The quantitative estimate of drug-likeness (QED) is 0.739. The number of amides is 1. The standard InChI is InChI=1S/C13H16Cl2N2O2.ClH/c14-10-6-9(7-11(15)13(10)19)17-12(18)5-8-1-3-16-4-2-8;/h6-8,16,19H,1-5H2,(H,17,18);1H. The molecule has 0 bridgehead atoms. The van der Waals surface area contributed by atoms with Crippen molar-refractivity contribution in [2.24, 2.45) is 5.92 Å². The van der Waals surface area contributed by atoms with Crippen LogP contribution in [0.15, 0.2) is 12.1 Å². The predicted octanol–water partition coefficient (Wildman–Crippen LogP) is 3.45. The zero-order chi connectivity index (χ0) is 13.8. The predicted molar refractivity (Wildman–Crippen MR) is 84.2 cm³/mol. The molecule has 1 aromatic carbocycles. The minimum Gasteiger partial charge on any atom is -0.505 e. The van der Waals surface area contributed by atoms with Crippen LogP contribution >= 0.6 is 35.6 Å². The summed E-state index contributed by atoms with van der Waals surface area (Å²) in [4.78, 5) is 11.9. The monoisotopic (exact) mass is 338 g/mol. The molecule has 0 saturated carbocycles. The van der Waals surface area contributed by atoms with Gasteiger partial charge in [0.2, 0.25) is 5.91 Å². The van der Waals surface area contributed by atoms with E-state index in [-0.39, 0.29) is 34.1 Å². The van der Waals surface area contributed by atoms with E-state index in [1.54, 1.807) is 0 Å². The van der Waals surface area contributed by atoms with E-state index in [0.29, 0.717) is 18.0 Å². The second-order valence-electron chi connectivity index (χ2n) is 4.73. The van der Waals surface area contributed by atoms with E-state index >= 15 is 0 Å². The Balaban J connectivity index is 0.00000200. The van der Waals surface area contributed by atoms with Gasteiger partial charge in [-0.3, -0.25) is 4.79 Å². The van der Waals surface area contributed by atoms with Crippen LogP contribution in [0.25, 0.3) is 0 Å². The van der Waals surface area contributed by atoms with E-state index in [2.05, 4.69) is 10.6 Å². The largest absolute Gasteiger partial charge is 0.505 e. The molecule has 7 heteroatoms. The number of carbonyl (C=O) groups excluding carboxylic acids is 1. The molecule has 0 atom stereocenters. The van der Waals surface area contributed by atoms with Gasteiger partial charge in [0.05, 0.1) is 10.0 Å². The normalized spacial score (nSPS) is 15.5. The summed E-state index contributed by atoms with van der Waals surface area (Å²) in [5, 5.41) is 15.7. The fourth-order valence-electron chi connectivity index (χ4n) is 2.20. The Hall–Kier alpha value is -0.680. The first-order valence-electron chi connectivity index (χ1n) is 6.25. The highest BCUT2D eigenvalue weighted by atomic mass is 35.5. The number of anilines is 1. The number of carbonyl (C=O) groups is 1. The minimum absolute atomic E-state index is 0. The lowest BCUT2D eigenvalue weighted by Crippen LogP contribution is -2.30. The average Bonchev–Trinajstić information content (AvgIpc) is 2.37. The van der Waals surface area contributed by atoms with Gasteiger partial charge in [-0.1, -0.05) is 23.2 Å². The van der Waals surface area contributed by atoms with Gasteiger partial charge < -0.3 is 15.7 Å². The molecule has 0 aromatic heterocycles. The van der Waals surface area contributed by atoms with Crippen molar-refractivity contribution in [3.8, 4) is 5.75 Å². The van der Waals surface area contributed by atoms with Crippen molar-refractivity contribution < 1.29 is 9.90 Å². The number of piperidine rings is 1. The van der Waals surface area contributed by atoms with Crippen molar-refractivity contribution in [2.45, 2.75) is 19.3 Å². The third-order valence-corrected chi connectivity index (χ3v) is 3.81. The highest BCUT2D eigenvalue weighted by Gasteiger charge is 2.17. The van der Waals surface area contributed by atoms with Crippen LogP contribution in [0.3, 0.4) is 0 Å². The molecule has 1 saturated heterocycles. The number of nitrogens with one attached hydrogen (secondary N) is 2. The van der Waals surface area contributed by atoms with Gasteiger partial charge in [0.25, 0.3) is 0 Å². The summed E-state index contributed by atoms with van der Waals surface area (Å²) in [6.07, 6.45) is 2.53. The van der Waals surface area contributed by atoms with Crippen LogP contribution < -0.4 is 10.6 Å². The lowest BCUT2D eigenvalue weighted by Gasteiger charge is -2.22. The Kier molecular flexibility index (Phi) is 6.89. The molecule has 112 valence electrons. The zero-order valence-corrected chi connectivity index (χ0v) is 13.1. The average molecular weight is 340 g/mol. The van der Waals surface area contributed by atoms with E-state index in [9.17, 15) is 9.90 Å². The van der Waals surface area contributed by atoms with E-state index in [0.717, 1.165) is 25.9 Å². The molecule has 2 rings (SSSR count). The Morgan fingerprint density at radius 2 is 1.85 bits per heavy atom. The molecule has 1 amide bonds. The van der Waals surface area contributed by atoms with Gasteiger partial charge in [-0.2, -0.15) is 0 Å². The van der Waals surface area contributed by atoms with Crippen LogP contribution in [0.2, 0.25) is 10.0 Å². The first-order valence-corrected chi connectivity index (χ1v) is 7.00. The first-order chi connectivity index (χ1) is 9.06. The summed E-state index contributed by atoms with van der Waals surface area (Å²) in [5.41, 5.74) is 0.506. The SMILES string of the molecule is Cl.O=C(CC1CCNCC1)Nc1cc(Cl)c(O)c(Cl)c1. The summed E-state index contributed by atoms with van der Waals surface area (Å²) in [6.45, 7) is 1.93. The molecule has 0 aliphatic carbocycles. The zero-order valence-electron chi connectivity index (χ0n) is 10.8. The molecule has 0 spiro atoms. The molecule has 1 aliphatic heterocycles. The van der Waals surface area contributed by atoms with Gasteiger partial charge in [-0.15, -0.1) is 12.4 Å². The molecule has 1 fully saturated rings. The molecule has 4 nitrogen and oxygen atoms in total. The lowest BCUT2D eigenvalue weighted by atomic mass is 9.94. The maximum atomic E-state index is 11.9. The van der Waals surface area contributed by atoms with Gasteiger partial charge in [0, 0.05) is 12.1 Å². The van der Waals surface area contributed by atoms with Crippen molar-refractivity contribution in [3.63, 3.8) is 0 Å². The number of phenols is 1. The number of phenolic OH excluding ortho intramolecular Hbond substituents is 1. The number of hydrogen-bond acceptors (Lipinski definition) is 3. The maximum absolute atomic E-state index is 11.9. The molecule has 20 heavy (non-hydrogen) atoms. The third-order valence-electron chi connectivity index (χ3n) is 3.23. The Bertz CT molecular complexity index is 454. The van der Waals surface area contributed by atoms with Crippen LogP contribution in [-0.4, -0.2) is 24.1 Å². The van der Waals surface area contributed by atoms with Gasteiger partial charge >= 0.3 is 0 Å². The van der Waals surface area contributed by atoms with Crippen LogP contribution in [-0.2, 0) is 4.79 Å². The van der Waals surface area contributed by atoms with Crippen molar-refractivity contribution in [1.82, 2.24) is 5.32 Å². The molecule has 1 heterocycles. The summed E-state index contributed by atoms with van der Waals surface area (Å²) in [6, 6.07) is 2.98. The first kappa shape index (κ1) is 17.4. The fourth-order valence-corrected chi connectivity index (χ4v) is 2.68. The number of aromatic hydroxyl groups is 1. The van der Waals surface area contributed by atoms with Crippen LogP contribution in [0.5, 0.6) is 5.75 Å². The smallest absolute Gasteiger partial charge is 0.224 e. The van der Waals surface area contributed by atoms with Crippen molar-refractivity contribution >= 4 is 47.2 Å². The molecular weight excluding hydrogens is 323 g/mol. The topological polar surface area (TPSA) is 61.4 Å². The van der Waals surface area contributed by atoms with E-state index < -0.39 is 0 Å². The minimum atomic E-state index is -0.167. The number of hydrogen-bond donors (Lipinski definition) is 3. The summed E-state index contributed by atoms with van der Waals surface area (Å²) >= 11 is 11.6. The van der Waals surface area contributed by atoms with Gasteiger partial charge in [-0.25, -0.2) is 0 Å². The summed E-state index contributed by atoms with van der Waals surface area (Å²) < 4.78 is 0. The van der Waals surface area contributed by atoms with Crippen LogP contribution in [0.1, 0.15) is 19.3 Å². The summed E-state index contributed by atoms with van der Waals surface area (Å²) in [5.74, 6) is 0.203. The van der Waals surface area contributed by atoms with Crippen molar-refractivity contribution in [1.29, 1.82) is 0 Å². The van der Waals surface area contributed by atoms with Gasteiger partial charge in [0.15, 0.2) is 5.75 Å². The molecule has 0 unspecified atom stereocenters. The van der Waals surface area contributed by atoms with E-state index in [1.807, 2.05) is 0 Å². The highest BCUT2D eigenvalue weighted by molar-refractivity contribution is 6.37. The second kappa shape index (κ2) is 7.93. The highest BCUT2D eigenvalue weighted by Crippen LogP contribution is 2.34. The third kappa shape index (κ3) is 4.70. The maximum Gasteiger partial charge on any atom is 0.224 e. The Morgan fingerprint density at radius 3 is 2.40 bits per heavy atom. The summed E-state index contributed by atoms with van der Waals surface area (Å²) in [7, 11) is 0. The number of halogens is 3. The fraction of sp³-hybridized carbons (Fsp3) is 0.462. The van der Waals surface area contributed by atoms with E-state index in [1.165, 1.54) is 12.1 Å². The molecular formula is C13H17Cl3N2O2. The van der Waals surface area contributed by atoms with Gasteiger partial charge in [-0.05, 0) is 44.0 Å². The van der Waals surface area contributed by atoms with Crippen molar-refractivity contribution in [2.75, 3.05) is 18.4 Å². The van der Waals surface area contributed by atoms with Gasteiger partial charge in [0.1, 0.15) is 0 Å². The number of benzene rings is 1. The Morgan fingerprint density at radius 1 is 1.30 bits per heavy atom. The van der Waals surface area contributed by atoms with Crippen LogP contribution in [0.4, 0.5) is 5.69 Å². The Labute approximate surface area is 134 Å². The molecule has 1 aliphatic rings.